The summed E-state index contributed by atoms with van der Waals surface area (Å²) in [6, 6.07) is 15.9. The van der Waals surface area contributed by atoms with Crippen LogP contribution in [0.25, 0.3) is 0 Å². The fraction of sp³-hybridized carbons (Fsp3) is 0.235. The minimum Gasteiger partial charge on any atom is -0.295 e. The zero-order chi connectivity index (χ0) is 14.5. The van der Waals surface area contributed by atoms with Gasteiger partial charge in [0.25, 0.3) is 0 Å². The summed E-state index contributed by atoms with van der Waals surface area (Å²) in [7, 11) is 1.97. The molecular weight excluding hydrogens is 314 g/mol. The fourth-order valence-electron chi connectivity index (χ4n) is 2.11. The lowest BCUT2D eigenvalue weighted by Crippen LogP contribution is -2.25. The highest BCUT2D eigenvalue weighted by Crippen LogP contribution is 2.12. The van der Waals surface area contributed by atoms with E-state index in [-0.39, 0.29) is 5.78 Å². The highest BCUT2D eigenvalue weighted by atomic mass is 79.9. The number of rotatable bonds is 5. The molecule has 2 nitrogen and oxygen atoms in total. The Morgan fingerprint density at radius 1 is 1.15 bits per heavy atom. The number of hydrogen-bond donors (Lipinski definition) is 0. The molecule has 104 valence electrons. The second-order valence-corrected chi connectivity index (χ2v) is 6.01. The third kappa shape index (κ3) is 4.29. The van der Waals surface area contributed by atoms with Gasteiger partial charge in [-0.3, -0.25) is 9.69 Å². The molecule has 0 unspecified atom stereocenters. The summed E-state index contributed by atoms with van der Waals surface area (Å²) in [5, 5.41) is 0. The van der Waals surface area contributed by atoms with E-state index in [1.54, 1.807) is 0 Å². The van der Waals surface area contributed by atoms with Crippen molar-refractivity contribution in [2.45, 2.75) is 13.5 Å². The average molecular weight is 332 g/mol. The van der Waals surface area contributed by atoms with E-state index in [2.05, 4.69) is 28.1 Å². The van der Waals surface area contributed by atoms with E-state index in [0.29, 0.717) is 6.54 Å². The third-order valence-electron chi connectivity index (χ3n) is 3.12. The lowest BCUT2D eigenvalue weighted by molar-refractivity contribution is 0.0943. The fourth-order valence-corrected chi connectivity index (χ4v) is 2.38. The van der Waals surface area contributed by atoms with Crippen molar-refractivity contribution in [3.63, 3.8) is 0 Å². The minimum atomic E-state index is 0.160. The zero-order valence-corrected chi connectivity index (χ0v) is 13.4. The molecule has 2 aromatic carbocycles. The molecule has 0 radical (unpaired) electrons. The van der Waals surface area contributed by atoms with Crippen LogP contribution in [0.4, 0.5) is 0 Å². The lowest BCUT2D eigenvalue weighted by Gasteiger charge is -2.16. The molecule has 0 aromatic heterocycles. The van der Waals surface area contributed by atoms with Gasteiger partial charge < -0.3 is 0 Å². The van der Waals surface area contributed by atoms with E-state index < -0.39 is 0 Å². The van der Waals surface area contributed by atoms with Crippen molar-refractivity contribution < 1.29 is 4.79 Å². The van der Waals surface area contributed by atoms with Gasteiger partial charge in [0.05, 0.1) is 6.54 Å². The van der Waals surface area contributed by atoms with Crippen molar-refractivity contribution in [3.05, 3.63) is 69.7 Å². The normalized spacial score (nSPS) is 10.8. The molecular formula is C17H18BrNO. The number of hydrogen-bond acceptors (Lipinski definition) is 2. The minimum absolute atomic E-state index is 0.160. The number of ketones is 1. The van der Waals surface area contributed by atoms with E-state index in [0.717, 1.165) is 22.1 Å². The first-order valence-electron chi connectivity index (χ1n) is 6.57. The van der Waals surface area contributed by atoms with Gasteiger partial charge in [-0.05, 0) is 37.7 Å². The van der Waals surface area contributed by atoms with Crippen LogP contribution < -0.4 is 0 Å². The standard InChI is InChI=1S/C17H18BrNO/c1-13-4-3-5-15(10-13)17(20)12-19(2)11-14-6-8-16(18)9-7-14/h3-10H,11-12H2,1-2H3. The zero-order valence-electron chi connectivity index (χ0n) is 11.8. The lowest BCUT2D eigenvalue weighted by atomic mass is 10.1. The predicted molar refractivity (Wildman–Crippen MR) is 86.0 cm³/mol. The van der Waals surface area contributed by atoms with Crippen LogP contribution in [-0.4, -0.2) is 24.3 Å². The van der Waals surface area contributed by atoms with Crippen molar-refractivity contribution in [3.8, 4) is 0 Å². The Balaban J connectivity index is 1.95. The maximum atomic E-state index is 12.2. The van der Waals surface area contributed by atoms with Crippen molar-refractivity contribution in [1.82, 2.24) is 4.90 Å². The first-order valence-corrected chi connectivity index (χ1v) is 7.37. The van der Waals surface area contributed by atoms with Crippen LogP contribution >= 0.6 is 15.9 Å². The molecule has 0 saturated carbocycles. The number of carbonyl (C=O) groups is 1. The van der Waals surface area contributed by atoms with E-state index in [1.807, 2.05) is 55.3 Å². The molecule has 0 aliphatic heterocycles. The number of halogens is 1. The van der Waals surface area contributed by atoms with Gasteiger partial charge in [-0.15, -0.1) is 0 Å². The maximum absolute atomic E-state index is 12.2. The summed E-state index contributed by atoms with van der Waals surface area (Å²) in [4.78, 5) is 14.2. The molecule has 0 aliphatic carbocycles. The molecule has 20 heavy (non-hydrogen) atoms. The van der Waals surface area contributed by atoms with Gasteiger partial charge in [-0.1, -0.05) is 51.8 Å². The summed E-state index contributed by atoms with van der Waals surface area (Å²) in [6.07, 6.45) is 0. The molecule has 0 bridgehead atoms. The third-order valence-corrected chi connectivity index (χ3v) is 3.65. The van der Waals surface area contributed by atoms with Gasteiger partial charge in [0.15, 0.2) is 5.78 Å². The second-order valence-electron chi connectivity index (χ2n) is 5.09. The van der Waals surface area contributed by atoms with Crippen molar-refractivity contribution >= 4 is 21.7 Å². The van der Waals surface area contributed by atoms with E-state index in [4.69, 9.17) is 0 Å². The predicted octanol–water partition coefficient (Wildman–Crippen LogP) is 4.07. The first kappa shape index (κ1) is 14.9. The molecule has 0 heterocycles. The highest BCUT2D eigenvalue weighted by Gasteiger charge is 2.09. The number of benzene rings is 2. The number of carbonyl (C=O) groups excluding carboxylic acids is 1. The van der Waals surface area contributed by atoms with E-state index >= 15 is 0 Å². The van der Waals surface area contributed by atoms with Crippen molar-refractivity contribution in [2.75, 3.05) is 13.6 Å². The Labute approximate surface area is 128 Å². The van der Waals surface area contributed by atoms with Crippen LogP contribution in [0.3, 0.4) is 0 Å². The van der Waals surface area contributed by atoms with Gasteiger partial charge >= 0.3 is 0 Å². The molecule has 0 aliphatic rings. The Morgan fingerprint density at radius 3 is 2.50 bits per heavy atom. The molecule has 0 saturated heterocycles. The average Bonchev–Trinajstić information content (AvgIpc) is 2.41. The molecule has 0 fully saturated rings. The monoisotopic (exact) mass is 331 g/mol. The van der Waals surface area contributed by atoms with Gasteiger partial charge in [-0.25, -0.2) is 0 Å². The molecule has 2 rings (SSSR count). The van der Waals surface area contributed by atoms with Crippen LogP contribution in [0.1, 0.15) is 21.5 Å². The Kier molecular flexibility index (Phi) is 5.10. The molecule has 0 spiro atoms. The highest BCUT2D eigenvalue weighted by molar-refractivity contribution is 9.10. The SMILES string of the molecule is Cc1cccc(C(=O)CN(C)Cc2ccc(Br)cc2)c1. The summed E-state index contributed by atoms with van der Waals surface area (Å²) in [5.41, 5.74) is 3.10. The number of aryl methyl sites for hydroxylation is 1. The van der Waals surface area contributed by atoms with Crippen LogP contribution in [0, 0.1) is 6.92 Å². The van der Waals surface area contributed by atoms with Crippen molar-refractivity contribution in [2.24, 2.45) is 0 Å². The van der Waals surface area contributed by atoms with E-state index in [1.165, 1.54) is 5.56 Å². The summed E-state index contributed by atoms with van der Waals surface area (Å²) in [6.45, 7) is 3.20. The van der Waals surface area contributed by atoms with Crippen LogP contribution in [0.2, 0.25) is 0 Å². The Bertz CT molecular complexity index is 592. The van der Waals surface area contributed by atoms with E-state index in [9.17, 15) is 4.79 Å². The number of nitrogens with zero attached hydrogens (tertiary/aromatic N) is 1. The number of likely N-dealkylation sites (N-methyl/N-ethyl adjacent to an activating group) is 1. The van der Waals surface area contributed by atoms with Gasteiger partial charge in [0.2, 0.25) is 0 Å². The molecule has 2 aromatic rings. The van der Waals surface area contributed by atoms with Gasteiger partial charge in [0, 0.05) is 16.6 Å². The van der Waals surface area contributed by atoms with Crippen LogP contribution in [-0.2, 0) is 6.54 Å². The molecule has 0 amide bonds. The van der Waals surface area contributed by atoms with Crippen molar-refractivity contribution in [1.29, 1.82) is 0 Å². The summed E-state index contributed by atoms with van der Waals surface area (Å²) in [5.74, 6) is 0.160. The first-order chi connectivity index (χ1) is 9.54. The Hall–Kier alpha value is -1.45. The van der Waals surface area contributed by atoms with Gasteiger partial charge in [-0.2, -0.15) is 0 Å². The molecule has 0 atom stereocenters. The van der Waals surface area contributed by atoms with Gasteiger partial charge in [0.1, 0.15) is 0 Å². The molecule has 3 heteroatoms. The molecule has 0 N–H and O–H groups in total. The second kappa shape index (κ2) is 6.82. The quantitative estimate of drug-likeness (QED) is 0.769. The van der Waals surface area contributed by atoms with Crippen LogP contribution in [0.15, 0.2) is 53.0 Å². The number of Topliss-reactive ketones (excluding diaryl/α,β-unsaturated/α-hetero) is 1. The Morgan fingerprint density at radius 2 is 1.85 bits per heavy atom. The maximum Gasteiger partial charge on any atom is 0.176 e. The summed E-state index contributed by atoms with van der Waals surface area (Å²) >= 11 is 3.42. The largest absolute Gasteiger partial charge is 0.295 e. The topological polar surface area (TPSA) is 20.3 Å². The summed E-state index contributed by atoms with van der Waals surface area (Å²) < 4.78 is 1.07. The van der Waals surface area contributed by atoms with Crippen LogP contribution in [0.5, 0.6) is 0 Å². The smallest absolute Gasteiger partial charge is 0.176 e.